The van der Waals surface area contributed by atoms with Crippen molar-refractivity contribution in [3.05, 3.63) is 66.0 Å². The van der Waals surface area contributed by atoms with Crippen LogP contribution in [0.5, 0.6) is 5.75 Å². The molecule has 152 valence electrons. The molecular weight excluding hydrogens is 384 g/mol. The zero-order valence-corrected chi connectivity index (χ0v) is 17.9. The number of carbonyl (C=O) groups excluding carboxylic acids is 1. The summed E-state index contributed by atoms with van der Waals surface area (Å²) in [6.45, 7) is 5.50. The van der Waals surface area contributed by atoms with E-state index in [4.69, 9.17) is 4.74 Å². The minimum atomic E-state index is 0.0950. The third kappa shape index (κ3) is 5.60. The Bertz CT molecular complexity index is 940. The number of hydrogen-bond donors (Lipinski definition) is 0. The second-order valence-electron chi connectivity index (χ2n) is 6.77. The van der Waals surface area contributed by atoms with Gasteiger partial charge in [-0.1, -0.05) is 54.6 Å². The molecule has 0 N–H and O–H groups in total. The number of amides is 1. The summed E-state index contributed by atoms with van der Waals surface area (Å²) in [5.41, 5.74) is 3.26. The lowest BCUT2D eigenvalue weighted by Crippen LogP contribution is -2.32. The van der Waals surface area contributed by atoms with Gasteiger partial charge in [-0.2, -0.15) is 0 Å². The highest BCUT2D eigenvalue weighted by molar-refractivity contribution is 7.99. The predicted molar refractivity (Wildman–Crippen MR) is 116 cm³/mol. The van der Waals surface area contributed by atoms with Gasteiger partial charge in [0.2, 0.25) is 5.91 Å². The minimum Gasteiger partial charge on any atom is -0.497 e. The zero-order chi connectivity index (χ0) is 20.6. The number of methoxy groups -OCH3 is 1. The van der Waals surface area contributed by atoms with Crippen molar-refractivity contribution in [3.8, 4) is 11.4 Å². The van der Waals surface area contributed by atoms with Crippen molar-refractivity contribution in [2.75, 3.05) is 19.4 Å². The summed E-state index contributed by atoms with van der Waals surface area (Å²) in [6.07, 6.45) is 2.57. The molecule has 0 aliphatic heterocycles. The van der Waals surface area contributed by atoms with E-state index in [1.807, 2.05) is 33.7 Å². The van der Waals surface area contributed by atoms with Gasteiger partial charge in [0.05, 0.1) is 18.6 Å². The summed E-state index contributed by atoms with van der Waals surface area (Å²) in [7, 11) is 1.63. The van der Waals surface area contributed by atoms with Crippen molar-refractivity contribution in [3.63, 3.8) is 0 Å². The fourth-order valence-corrected chi connectivity index (χ4v) is 3.79. The molecule has 0 radical (unpaired) electrons. The van der Waals surface area contributed by atoms with Crippen molar-refractivity contribution < 1.29 is 9.53 Å². The molecule has 0 aliphatic rings. The SMILES string of the molecule is CCCN(Cc1ccc(C)cc1)C(=O)CSc1nncn1-c1cccc(OC)c1. The first kappa shape index (κ1) is 20.9. The van der Waals surface area contributed by atoms with Crippen LogP contribution in [0.25, 0.3) is 5.69 Å². The van der Waals surface area contributed by atoms with E-state index in [0.717, 1.165) is 30.0 Å². The number of hydrogen-bond acceptors (Lipinski definition) is 5. The molecule has 0 bridgehead atoms. The van der Waals surface area contributed by atoms with E-state index < -0.39 is 0 Å². The fraction of sp³-hybridized carbons (Fsp3) is 0.318. The van der Waals surface area contributed by atoms with Crippen LogP contribution in [0, 0.1) is 6.92 Å². The largest absolute Gasteiger partial charge is 0.497 e. The Morgan fingerprint density at radius 2 is 2.00 bits per heavy atom. The topological polar surface area (TPSA) is 60.2 Å². The van der Waals surface area contributed by atoms with Crippen molar-refractivity contribution in [1.29, 1.82) is 0 Å². The van der Waals surface area contributed by atoms with Gasteiger partial charge < -0.3 is 9.64 Å². The maximum Gasteiger partial charge on any atom is 0.233 e. The summed E-state index contributed by atoms with van der Waals surface area (Å²) in [5, 5.41) is 8.88. The van der Waals surface area contributed by atoms with Gasteiger partial charge in [0.1, 0.15) is 12.1 Å². The van der Waals surface area contributed by atoms with Crippen LogP contribution in [0.1, 0.15) is 24.5 Å². The van der Waals surface area contributed by atoms with Gasteiger partial charge in [-0.05, 0) is 31.0 Å². The highest BCUT2D eigenvalue weighted by Crippen LogP contribution is 2.23. The van der Waals surface area contributed by atoms with Crippen LogP contribution in [0.15, 0.2) is 60.0 Å². The van der Waals surface area contributed by atoms with Gasteiger partial charge >= 0.3 is 0 Å². The van der Waals surface area contributed by atoms with Crippen molar-refractivity contribution in [1.82, 2.24) is 19.7 Å². The van der Waals surface area contributed by atoms with E-state index in [1.165, 1.54) is 17.3 Å². The monoisotopic (exact) mass is 410 g/mol. The van der Waals surface area contributed by atoms with Crippen LogP contribution in [0.2, 0.25) is 0 Å². The van der Waals surface area contributed by atoms with Crippen LogP contribution < -0.4 is 4.74 Å². The number of nitrogens with zero attached hydrogens (tertiary/aromatic N) is 4. The van der Waals surface area contributed by atoms with Gasteiger partial charge in [-0.15, -0.1) is 10.2 Å². The molecule has 0 spiro atoms. The second kappa shape index (κ2) is 10.1. The third-order valence-electron chi connectivity index (χ3n) is 4.51. The van der Waals surface area contributed by atoms with E-state index in [0.29, 0.717) is 17.5 Å². The van der Waals surface area contributed by atoms with Gasteiger partial charge in [0.25, 0.3) is 0 Å². The Balaban J connectivity index is 1.67. The number of rotatable bonds is 9. The molecule has 2 aromatic carbocycles. The molecule has 1 aromatic heterocycles. The summed E-state index contributed by atoms with van der Waals surface area (Å²) in [6, 6.07) is 16.0. The molecule has 6 nitrogen and oxygen atoms in total. The smallest absolute Gasteiger partial charge is 0.233 e. The molecule has 3 aromatic rings. The number of aryl methyl sites for hydroxylation is 1. The Hall–Kier alpha value is -2.80. The molecule has 0 fully saturated rings. The lowest BCUT2D eigenvalue weighted by Gasteiger charge is -2.22. The molecule has 3 rings (SSSR count). The highest BCUT2D eigenvalue weighted by atomic mass is 32.2. The zero-order valence-electron chi connectivity index (χ0n) is 17.0. The molecule has 0 atom stereocenters. The van der Waals surface area contributed by atoms with Gasteiger partial charge in [-0.25, -0.2) is 0 Å². The number of carbonyl (C=O) groups is 1. The molecule has 1 heterocycles. The molecule has 0 aliphatic carbocycles. The van der Waals surface area contributed by atoms with E-state index in [-0.39, 0.29) is 5.91 Å². The number of aromatic nitrogens is 3. The minimum absolute atomic E-state index is 0.0950. The lowest BCUT2D eigenvalue weighted by atomic mass is 10.1. The quantitative estimate of drug-likeness (QED) is 0.497. The Kier molecular flexibility index (Phi) is 7.30. The molecule has 0 unspecified atom stereocenters. The van der Waals surface area contributed by atoms with Gasteiger partial charge in [0, 0.05) is 19.2 Å². The van der Waals surface area contributed by atoms with Crippen molar-refractivity contribution in [2.45, 2.75) is 32.0 Å². The lowest BCUT2D eigenvalue weighted by molar-refractivity contribution is -0.129. The first-order valence-electron chi connectivity index (χ1n) is 9.61. The van der Waals surface area contributed by atoms with Crippen LogP contribution in [-0.2, 0) is 11.3 Å². The number of thioether (sulfide) groups is 1. The molecule has 7 heteroatoms. The molecular formula is C22H26N4O2S. The average molecular weight is 411 g/mol. The molecule has 1 amide bonds. The third-order valence-corrected chi connectivity index (χ3v) is 5.44. The van der Waals surface area contributed by atoms with E-state index in [2.05, 4.69) is 48.3 Å². The van der Waals surface area contributed by atoms with E-state index >= 15 is 0 Å². The molecule has 0 saturated heterocycles. The number of ether oxygens (including phenoxy) is 1. The maximum atomic E-state index is 12.9. The average Bonchev–Trinajstić information content (AvgIpc) is 3.22. The first-order valence-corrected chi connectivity index (χ1v) is 10.6. The Morgan fingerprint density at radius 1 is 1.21 bits per heavy atom. The summed E-state index contributed by atoms with van der Waals surface area (Å²) in [4.78, 5) is 14.8. The fourth-order valence-electron chi connectivity index (χ4n) is 2.95. The van der Waals surface area contributed by atoms with E-state index in [1.54, 1.807) is 13.4 Å². The molecule has 29 heavy (non-hydrogen) atoms. The maximum absolute atomic E-state index is 12.9. The Morgan fingerprint density at radius 3 is 2.72 bits per heavy atom. The van der Waals surface area contributed by atoms with Crippen LogP contribution in [0.3, 0.4) is 0 Å². The standard InChI is InChI=1S/C22H26N4O2S/c1-4-12-25(14-18-10-8-17(2)9-11-18)21(27)15-29-22-24-23-16-26(22)19-6-5-7-20(13-19)28-3/h5-11,13,16H,4,12,14-15H2,1-3H3. The first-order chi connectivity index (χ1) is 14.1. The van der Waals surface area contributed by atoms with Crippen molar-refractivity contribution >= 4 is 17.7 Å². The van der Waals surface area contributed by atoms with Crippen molar-refractivity contribution in [2.24, 2.45) is 0 Å². The number of benzene rings is 2. The van der Waals surface area contributed by atoms with E-state index in [9.17, 15) is 4.79 Å². The van der Waals surface area contributed by atoms with Gasteiger partial charge in [-0.3, -0.25) is 9.36 Å². The predicted octanol–water partition coefficient (Wildman–Crippen LogP) is 4.12. The summed E-state index contributed by atoms with van der Waals surface area (Å²) >= 11 is 1.39. The molecule has 0 saturated carbocycles. The van der Waals surface area contributed by atoms with Crippen LogP contribution in [0.4, 0.5) is 0 Å². The normalized spacial score (nSPS) is 10.7. The van der Waals surface area contributed by atoms with Crippen LogP contribution >= 0.6 is 11.8 Å². The summed E-state index contributed by atoms with van der Waals surface area (Å²) < 4.78 is 7.16. The van der Waals surface area contributed by atoms with Crippen LogP contribution in [-0.4, -0.2) is 45.0 Å². The van der Waals surface area contributed by atoms with Gasteiger partial charge in [0.15, 0.2) is 5.16 Å². The second-order valence-corrected chi connectivity index (χ2v) is 7.72. The summed E-state index contributed by atoms with van der Waals surface area (Å²) in [5.74, 6) is 1.17. The highest BCUT2D eigenvalue weighted by Gasteiger charge is 2.16. The Labute approximate surface area is 175 Å².